The summed E-state index contributed by atoms with van der Waals surface area (Å²) in [6.07, 6.45) is 4.26. The number of hydrogen-bond donors (Lipinski definition) is 0. The van der Waals surface area contributed by atoms with E-state index < -0.39 is 0 Å². The van der Waals surface area contributed by atoms with E-state index in [0.717, 1.165) is 0 Å². The molecule has 2 aliphatic heterocycles. The van der Waals surface area contributed by atoms with Crippen molar-refractivity contribution in [2.75, 3.05) is 52.4 Å². The first-order chi connectivity index (χ1) is 10.3. The van der Waals surface area contributed by atoms with Gasteiger partial charge in [-0.2, -0.15) is 11.3 Å². The Balaban J connectivity index is 1.38. The Morgan fingerprint density at radius 1 is 0.952 bits per heavy atom. The maximum atomic E-state index is 2.66. The highest BCUT2D eigenvalue weighted by atomic mass is 32.1. The SMILES string of the molecule is C[C@@H](c1ccsc1)N1CCN(CCN2CCCCC2)CC1. The van der Waals surface area contributed by atoms with Crippen LogP contribution in [0.5, 0.6) is 0 Å². The van der Waals surface area contributed by atoms with Gasteiger partial charge in [-0.1, -0.05) is 6.42 Å². The number of thiophene rings is 1. The number of rotatable bonds is 5. The van der Waals surface area contributed by atoms with Crippen LogP contribution in [-0.4, -0.2) is 67.1 Å². The van der Waals surface area contributed by atoms with E-state index in [1.165, 1.54) is 77.2 Å². The van der Waals surface area contributed by atoms with Crippen LogP contribution in [0.15, 0.2) is 16.8 Å². The van der Waals surface area contributed by atoms with Gasteiger partial charge >= 0.3 is 0 Å². The first kappa shape index (κ1) is 15.5. The molecule has 21 heavy (non-hydrogen) atoms. The summed E-state index contributed by atoms with van der Waals surface area (Å²) in [5.41, 5.74) is 1.49. The van der Waals surface area contributed by atoms with Crippen LogP contribution in [0.4, 0.5) is 0 Å². The molecule has 1 aromatic rings. The minimum atomic E-state index is 0.584. The van der Waals surface area contributed by atoms with Crippen LogP contribution in [0, 0.1) is 0 Å². The fourth-order valence-corrected chi connectivity index (χ4v) is 4.31. The Kier molecular flexibility index (Phi) is 5.69. The molecule has 0 unspecified atom stereocenters. The summed E-state index contributed by atoms with van der Waals surface area (Å²) in [4.78, 5) is 7.95. The van der Waals surface area contributed by atoms with Crippen molar-refractivity contribution in [3.8, 4) is 0 Å². The molecule has 0 aliphatic carbocycles. The van der Waals surface area contributed by atoms with Crippen LogP contribution < -0.4 is 0 Å². The van der Waals surface area contributed by atoms with E-state index in [2.05, 4.69) is 38.4 Å². The molecule has 0 bridgehead atoms. The largest absolute Gasteiger partial charge is 0.302 e. The van der Waals surface area contributed by atoms with Crippen molar-refractivity contribution in [3.63, 3.8) is 0 Å². The number of piperazine rings is 1. The first-order valence-corrected chi connectivity index (χ1v) is 9.48. The minimum Gasteiger partial charge on any atom is -0.302 e. The Labute approximate surface area is 133 Å². The van der Waals surface area contributed by atoms with Gasteiger partial charge in [0.15, 0.2) is 0 Å². The second-order valence-corrected chi connectivity index (χ2v) is 7.29. The van der Waals surface area contributed by atoms with Crippen LogP contribution in [-0.2, 0) is 0 Å². The zero-order chi connectivity index (χ0) is 14.5. The van der Waals surface area contributed by atoms with E-state index in [-0.39, 0.29) is 0 Å². The molecule has 2 saturated heterocycles. The van der Waals surface area contributed by atoms with Gasteiger partial charge in [0.2, 0.25) is 0 Å². The summed E-state index contributed by atoms with van der Waals surface area (Å²) >= 11 is 1.81. The highest BCUT2D eigenvalue weighted by Gasteiger charge is 2.22. The maximum absolute atomic E-state index is 2.66. The van der Waals surface area contributed by atoms with Crippen LogP contribution >= 0.6 is 11.3 Å². The van der Waals surface area contributed by atoms with Crippen LogP contribution in [0.2, 0.25) is 0 Å². The highest BCUT2D eigenvalue weighted by Crippen LogP contribution is 2.23. The molecule has 2 fully saturated rings. The van der Waals surface area contributed by atoms with Gasteiger partial charge in [0.1, 0.15) is 0 Å². The molecule has 0 saturated carbocycles. The van der Waals surface area contributed by atoms with Crippen molar-refractivity contribution in [2.45, 2.75) is 32.2 Å². The fraction of sp³-hybridized carbons (Fsp3) is 0.765. The lowest BCUT2D eigenvalue weighted by molar-refractivity contribution is 0.0907. The molecule has 3 heterocycles. The summed E-state index contributed by atoms with van der Waals surface area (Å²) in [5, 5.41) is 4.49. The van der Waals surface area contributed by atoms with E-state index in [4.69, 9.17) is 0 Å². The van der Waals surface area contributed by atoms with Gasteiger partial charge in [0, 0.05) is 45.3 Å². The third kappa shape index (κ3) is 4.28. The second-order valence-electron chi connectivity index (χ2n) is 6.51. The molecule has 0 aromatic carbocycles. The summed E-state index contributed by atoms with van der Waals surface area (Å²) in [6.45, 7) is 12.5. The van der Waals surface area contributed by atoms with Crippen molar-refractivity contribution in [1.82, 2.24) is 14.7 Å². The number of nitrogens with zero attached hydrogens (tertiary/aromatic N) is 3. The zero-order valence-corrected chi connectivity index (χ0v) is 14.2. The summed E-state index contributed by atoms with van der Waals surface area (Å²) < 4.78 is 0. The number of hydrogen-bond acceptors (Lipinski definition) is 4. The molecule has 0 N–H and O–H groups in total. The van der Waals surface area contributed by atoms with Crippen molar-refractivity contribution >= 4 is 11.3 Å². The average molecular weight is 308 g/mol. The molecule has 3 rings (SSSR count). The second kappa shape index (κ2) is 7.73. The molecule has 3 nitrogen and oxygen atoms in total. The Bertz CT molecular complexity index is 392. The van der Waals surface area contributed by atoms with E-state index >= 15 is 0 Å². The van der Waals surface area contributed by atoms with Crippen molar-refractivity contribution < 1.29 is 0 Å². The standard InChI is InChI=1S/C17H29N3S/c1-16(17-5-14-21-15-17)20-12-10-19(11-13-20)9-8-18-6-3-2-4-7-18/h5,14-16H,2-4,6-13H2,1H3/t16-/m0/s1. The van der Waals surface area contributed by atoms with Gasteiger partial charge in [-0.3, -0.25) is 9.80 Å². The smallest absolute Gasteiger partial charge is 0.0329 e. The number of piperidine rings is 1. The van der Waals surface area contributed by atoms with Crippen LogP contribution in [0.3, 0.4) is 0 Å². The predicted molar refractivity (Wildman–Crippen MR) is 91.0 cm³/mol. The van der Waals surface area contributed by atoms with Gasteiger partial charge in [-0.25, -0.2) is 0 Å². The molecular formula is C17H29N3S. The summed E-state index contributed by atoms with van der Waals surface area (Å²) in [6, 6.07) is 2.86. The molecule has 1 atom stereocenters. The molecule has 2 aliphatic rings. The molecule has 0 radical (unpaired) electrons. The molecule has 4 heteroatoms. The zero-order valence-electron chi connectivity index (χ0n) is 13.3. The van der Waals surface area contributed by atoms with Crippen LogP contribution in [0.1, 0.15) is 37.8 Å². The van der Waals surface area contributed by atoms with E-state index in [0.29, 0.717) is 6.04 Å². The Morgan fingerprint density at radius 2 is 1.62 bits per heavy atom. The monoisotopic (exact) mass is 307 g/mol. The molecular weight excluding hydrogens is 278 g/mol. The lowest BCUT2D eigenvalue weighted by Gasteiger charge is -2.39. The predicted octanol–water partition coefficient (Wildman–Crippen LogP) is 2.91. The Morgan fingerprint density at radius 3 is 2.24 bits per heavy atom. The third-order valence-electron chi connectivity index (χ3n) is 5.16. The summed E-state index contributed by atoms with van der Waals surface area (Å²) in [5.74, 6) is 0. The van der Waals surface area contributed by atoms with Gasteiger partial charge in [0.25, 0.3) is 0 Å². The fourth-order valence-electron chi connectivity index (χ4n) is 3.56. The van der Waals surface area contributed by atoms with Crippen molar-refractivity contribution in [2.24, 2.45) is 0 Å². The van der Waals surface area contributed by atoms with Crippen LogP contribution in [0.25, 0.3) is 0 Å². The highest BCUT2D eigenvalue weighted by molar-refractivity contribution is 7.07. The molecule has 0 amide bonds. The normalized spacial score (nSPS) is 24.2. The third-order valence-corrected chi connectivity index (χ3v) is 5.86. The van der Waals surface area contributed by atoms with Crippen molar-refractivity contribution in [1.29, 1.82) is 0 Å². The van der Waals surface area contributed by atoms with E-state index in [9.17, 15) is 0 Å². The molecule has 1 aromatic heterocycles. The minimum absolute atomic E-state index is 0.584. The summed E-state index contributed by atoms with van der Waals surface area (Å²) in [7, 11) is 0. The molecule has 118 valence electrons. The lowest BCUT2D eigenvalue weighted by atomic mass is 10.1. The average Bonchev–Trinajstić information content (AvgIpc) is 3.08. The van der Waals surface area contributed by atoms with Gasteiger partial charge in [0.05, 0.1) is 0 Å². The first-order valence-electron chi connectivity index (χ1n) is 8.54. The van der Waals surface area contributed by atoms with Gasteiger partial charge in [-0.15, -0.1) is 0 Å². The number of likely N-dealkylation sites (tertiary alicyclic amines) is 1. The van der Waals surface area contributed by atoms with Gasteiger partial charge in [-0.05, 0) is 55.2 Å². The quantitative estimate of drug-likeness (QED) is 0.828. The lowest BCUT2D eigenvalue weighted by Crippen LogP contribution is -2.49. The molecule has 0 spiro atoms. The van der Waals surface area contributed by atoms with E-state index in [1.807, 2.05) is 11.3 Å². The van der Waals surface area contributed by atoms with Gasteiger partial charge < -0.3 is 4.90 Å². The topological polar surface area (TPSA) is 9.72 Å². The maximum Gasteiger partial charge on any atom is 0.0329 e. The van der Waals surface area contributed by atoms with E-state index in [1.54, 1.807) is 0 Å². The Hall–Kier alpha value is -0.420. The van der Waals surface area contributed by atoms with Crippen molar-refractivity contribution in [3.05, 3.63) is 22.4 Å².